The summed E-state index contributed by atoms with van der Waals surface area (Å²) in [5.74, 6) is -3.16. The van der Waals surface area contributed by atoms with E-state index >= 15 is 0 Å². The Morgan fingerprint density at radius 2 is 0.802 bits per heavy atom. The largest absolute Gasteiger partial charge is 0.479 e. The molecule has 6 atom stereocenters. The molecule has 12 heteroatoms. The van der Waals surface area contributed by atoms with Gasteiger partial charge in [0.25, 0.3) is 0 Å². The quantitative estimate of drug-likeness (QED) is 0.0228. The third-order valence-corrected chi connectivity index (χ3v) is 14.1. The van der Waals surface area contributed by atoms with E-state index in [2.05, 4.69) is 118 Å². The molecule has 0 radical (unpaired) electrons. The van der Waals surface area contributed by atoms with E-state index in [1.807, 2.05) is 0 Å². The van der Waals surface area contributed by atoms with Crippen molar-refractivity contribution in [2.75, 3.05) is 13.2 Å². The van der Waals surface area contributed by atoms with Crippen LogP contribution in [0.2, 0.25) is 0 Å². The molecule has 12 nitrogen and oxygen atoms in total. The Balaban J connectivity index is 2.66. The lowest BCUT2D eigenvalue weighted by Gasteiger charge is -2.40. The molecule has 1 aliphatic rings. The second kappa shape index (κ2) is 56.1. The Labute approximate surface area is 492 Å². The number of carbonyl (C=O) groups is 4. The summed E-state index contributed by atoms with van der Waals surface area (Å²) in [4.78, 5) is 51.3. The van der Waals surface area contributed by atoms with Gasteiger partial charge < -0.3 is 39.0 Å². The van der Waals surface area contributed by atoms with Crippen molar-refractivity contribution in [2.45, 2.75) is 302 Å². The molecule has 0 spiro atoms. The maximum atomic E-state index is 13.2. The molecule has 0 aromatic rings. The van der Waals surface area contributed by atoms with Gasteiger partial charge in [0.15, 0.2) is 24.6 Å². The highest BCUT2D eigenvalue weighted by molar-refractivity contribution is 5.74. The summed E-state index contributed by atoms with van der Waals surface area (Å²) in [6, 6.07) is 0. The van der Waals surface area contributed by atoms with Gasteiger partial charge in [-0.1, -0.05) is 227 Å². The molecular formula is C69H114O12. The first kappa shape index (κ1) is 74.7. The lowest BCUT2D eigenvalue weighted by Crippen LogP contribution is -2.61. The van der Waals surface area contributed by atoms with E-state index < -0.39 is 67.3 Å². The van der Waals surface area contributed by atoms with Crippen LogP contribution in [0.25, 0.3) is 0 Å². The third-order valence-electron chi connectivity index (χ3n) is 14.1. The van der Waals surface area contributed by atoms with Crippen LogP contribution < -0.4 is 0 Å². The van der Waals surface area contributed by atoms with Crippen LogP contribution in [0.5, 0.6) is 0 Å². The number of carboxylic acids is 1. The van der Waals surface area contributed by atoms with E-state index in [9.17, 15) is 34.5 Å². The average Bonchev–Trinajstić information content (AvgIpc) is 3.45. The van der Waals surface area contributed by atoms with Crippen LogP contribution in [-0.2, 0) is 42.9 Å². The number of ether oxygens (including phenoxy) is 5. The van der Waals surface area contributed by atoms with Gasteiger partial charge >= 0.3 is 23.9 Å². The summed E-state index contributed by atoms with van der Waals surface area (Å²) in [6.45, 7) is 5.78. The number of hydrogen-bond donors (Lipinski definition) is 3. The standard InChI is InChI=1S/C69H114O12/c1-4-7-10-13-16-19-22-25-27-29-31-33-35-38-40-43-46-49-52-55-61(70)77-58-60(79-62(71)56-53-50-47-44-41-37-24-21-18-15-12-9-6-3)59-78-69-67(65(74)64(73)66(81-69)68(75)76)80-63(72)57-54-51-48-45-42-39-36-34-32-30-28-26-23-20-17-14-11-8-5-2/h7,10,12,15-17,19-21,24-28,31,33,60,64-67,69,73-74H,4-6,8-9,11,13-14,18,22-23,29-30,32,34-59H2,1-3H3,(H,75,76)/b10-7-,15-12-,19-16-,20-17-,24-21-,27-25-,28-26-,33-31-. The van der Waals surface area contributed by atoms with Crippen LogP contribution in [0.1, 0.15) is 265 Å². The fourth-order valence-corrected chi connectivity index (χ4v) is 9.19. The maximum absolute atomic E-state index is 13.2. The molecular weight excluding hydrogens is 1020 g/mol. The van der Waals surface area contributed by atoms with Gasteiger partial charge in [0.2, 0.25) is 0 Å². The molecule has 1 fully saturated rings. The molecule has 0 bridgehead atoms. The van der Waals surface area contributed by atoms with Gasteiger partial charge in [-0.25, -0.2) is 4.79 Å². The number of carbonyl (C=O) groups excluding carboxylic acids is 3. The molecule has 0 aromatic heterocycles. The van der Waals surface area contributed by atoms with Crippen molar-refractivity contribution in [1.29, 1.82) is 0 Å². The minimum atomic E-state index is -1.91. The van der Waals surface area contributed by atoms with Crippen molar-refractivity contribution in [3.8, 4) is 0 Å². The number of allylic oxidation sites excluding steroid dienone is 16. The second-order valence-corrected chi connectivity index (χ2v) is 21.7. The fourth-order valence-electron chi connectivity index (χ4n) is 9.19. The van der Waals surface area contributed by atoms with Crippen LogP contribution in [0.4, 0.5) is 0 Å². The molecule has 0 amide bonds. The topological polar surface area (TPSA) is 175 Å². The number of aliphatic hydroxyl groups excluding tert-OH is 2. The zero-order valence-electron chi connectivity index (χ0n) is 51.0. The zero-order valence-corrected chi connectivity index (χ0v) is 51.0. The van der Waals surface area contributed by atoms with Crippen LogP contribution in [0, 0.1) is 0 Å². The second-order valence-electron chi connectivity index (χ2n) is 21.7. The van der Waals surface area contributed by atoms with E-state index in [1.165, 1.54) is 51.4 Å². The predicted molar refractivity (Wildman–Crippen MR) is 331 cm³/mol. The first-order valence-electron chi connectivity index (χ1n) is 32.2. The van der Waals surface area contributed by atoms with E-state index in [-0.39, 0.29) is 25.9 Å². The number of rotatable bonds is 54. The summed E-state index contributed by atoms with van der Waals surface area (Å²) < 4.78 is 28.5. The zero-order chi connectivity index (χ0) is 58.9. The molecule has 3 N–H and O–H groups in total. The molecule has 462 valence electrons. The molecule has 1 saturated heterocycles. The lowest BCUT2D eigenvalue weighted by molar-refractivity contribution is -0.301. The molecule has 6 unspecified atom stereocenters. The highest BCUT2D eigenvalue weighted by atomic mass is 16.7. The smallest absolute Gasteiger partial charge is 0.335 e. The number of unbranched alkanes of at least 4 members (excludes halogenated alkanes) is 24. The molecule has 81 heavy (non-hydrogen) atoms. The fraction of sp³-hybridized carbons (Fsp3) is 0.710. The average molecular weight is 1140 g/mol. The highest BCUT2D eigenvalue weighted by Gasteiger charge is 2.50. The van der Waals surface area contributed by atoms with Crippen molar-refractivity contribution in [3.63, 3.8) is 0 Å². The molecule has 1 aliphatic heterocycles. The van der Waals surface area contributed by atoms with Crippen LogP contribution in [-0.4, -0.2) is 89.2 Å². The Kier molecular flexibility index (Phi) is 51.7. The van der Waals surface area contributed by atoms with E-state index in [0.29, 0.717) is 19.3 Å². The molecule has 1 rings (SSSR count). The van der Waals surface area contributed by atoms with Gasteiger partial charge in [0.1, 0.15) is 18.8 Å². The van der Waals surface area contributed by atoms with Crippen molar-refractivity contribution >= 4 is 23.9 Å². The molecule has 0 aromatic carbocycles. The van der Waals surface area contributed by atoms with E-state index in [1.54, 1.807) is 0 Å². The summed E-state index contributed by atoms with van der Waals surface area (Å²) in [6.07, 6.45) is 62.2. The summed E-state index contributed by atoms with van der Waals surface area (Å²) in [7, 11) is 0. The van der Waals surface area contributed by atoms with Gasteiger partial charge in [-0.05, 0) is 116 Å². The van der Waals surface area contributed by atoms with Crippen molar-refractivity contribution in [1.82, 2.24) is 0 Å². The first-order valence-corrected chi connectivity index (χ1v) is 32.2. The molecule has 1 heterocycles. The molecule has 0 aliphatic carbocycles. The normalized spacial score (nSPS) is 18.4. The summed E-state index contributed by atoms with van der Waals surface area (Å²) in [5, 5.41) is 31.6. The van der Waals surface area contributed by atoms with Gasteiger partial charge in [0.05, 0.1) is 6.61 Å². The summed E-state index contributed by atoms with van der Waals surface area (Å²) in [5.41, 5.74) is 0. The Bertz CT molecular complexity index is 1780. The van der Waals surface area contributed by atoms with Crippen LogP contribution >= 0.6 is 0 Å². The number of carboxylic acid groups (broad SMARTS) is 1. The SMILES string of the molecule is CC/C=C\C/C=C\C/C=C\C/C=C\CCCCCCCCC(=O)OCC(COC1OC(C(=O)O)C(O)C(O)C1OC(=O)CCCCCCCCCCC/C=C\C/C=C\CCCCC)OC(=O)CCCCCCC/C=C\C/C=C\CCC. The van der Waals surface area contributed by atoms with Crippen LogP contribution in [0.3, 0.4) is 0 Å². The minimum absolute atomic E-state index is 0.0491. The first-order chi connectivity index (χ1) is 39.6. The van der Waals surface area contributed by atoms with Gasteiger partial charge in [-0.2, -0.15) is 0 Å². The number of aliphatic carboxylic acids is 1. The minimum Gasteiger partial charge on any atom is -0.479 e. The number of aliphatic hydroxyl groups is 2. The predicted octanol–water partition coefficient (Wildman–Crippen LogP) is 17.2. The third kappa shape index (κ3) is 45.8. The summed E-state index contributed by atoms with van der Waals surface area (Å²) >= 11 is 0. The maximum Gasteiger partial charge on any atom is 0.335 e. The lowest BCUT2D eigenvalue weighted by atomic mass is 9.98. The monoisotopic (exact) mass is 1130 g/mol. The number of hydrogen-bond acceptors (Lipinski definition) is 11. The van der Waals surface area contributed by atoms with Crippen molar-refractivity contribution in [3.05, 3.63) is 97.2 Å². The molecule has 0 saturated carbocycles. The van der Waals surface area contributed by atoms with Crippen molar-refractivity contribution in [2.24, 2.45) is 0 Å². The Morgan fingerprint density at radius 3 is 1.23 bits per heavy atom. The highest BCUT2D eigenvalue weighted by Crippen LogP contribution is 2.26. The van der Waals surface area contributed by atoms with Gasteiger partial charge in [-0.3, -0.25) is 14.4 Å². The Hall–Kier alpha value is -4.36. The Morgan fingerprint density at radius 1 is 0.420 bits per heavy atom. The number of esters is 3. The van der Waals surface area contributed by atoms with E-state index in [4.69, 9.17) is 23.7 Å². The van der Waals surface area contributed by atoms with Crippen molar-refractivity contribution < 1.29 is 58.2 Å². The van der Waals surface area contributed by atoms with E-state index in [0.717, 1.165) is 154 Å². The van der Waals surface area contributed by atoms with Crippen LogP contribution in [0.15, 0.2) is 97.2 Å². The van der Waals surface area contributed by atoms with Gasteiger partial charge in [0, 0.05) is 19.3 Å². The van der Waals surface area contributed by atoms with Gasteiger partial charge in [-0.15, -0.1) is 0 Å².